The number of oxazole rings is 1. The Hall–Kier alpha value is -1.92. The minimum Gasteiger partial charge on any atom is -0.497 e. The van der Waals surface area contributed by atoms with Crippen molar-refractivity contribution >= 4 is 22.4 Å². The standard InChI is InChI=1S/C13H13N3O2S/c1-7(14)13-16-10(6-19-13)12-15-9-4-3-8(17-2)5-11(9)18-12/h3-7H,14H2,1-2H3. The average Bonchev–Trinajstić information content (AvgIpc) is 3.04. The zero-order chi connectivity index (χ0) is 13.4. The number of hydrogen-bond acceptors (Lipinski definition) is 6. The Bertz CT molecular complexity index is 718. The molecule has 2 N–H and O–H groups in total. The van der Waals surface area contributed by atoms with Gasteiger partial charge in [-0.25, -0.2) is 9.97 Å². The number of benzene rings is 1. The first kappa shape index (κ1) is 12.1. The molecule has 1 aromatic carbocycles. The number of fused-ring (bicyclic) bond motifs is 1. The molecule has 0 aliphatic carbocycles. The molecule has 0 fully saturated rings. The van der Waals surface area contributed by atoms with Crippen molar-refractivity contribution in [3.05, 3.63) is 28.6 Å². The monoisotopic (exact) mass is 275 g/mol. The second-order valence-corrected chi connectivity index (χ2v) is 5.10. The topological polar surface area (TPSA) is 74.2 Å². The zero-order valence-electron chi connectivity index (χ0n) is 10.6. The van der Waals surface area contributed by atoms with Gasteiger partial charge in [-0.3, -0.25) is 0 Å². The number of ether oxygens (including phenoxy) is 1. The van der Waals surface area contributed by atoms with Gasteiger partial charge in [-0.05, 0) is 19.1 Å². The smallest absolute Gasteiger partial charge is 0.247 e. The van der Waals surface area contributed by atoms with Crippen molar-refractivity contribution in [2.45, 2.75) is 13.0 Å². The predicted molar refractivity (Wildman–Crippen MR) is 74.3 cm³/mol. The lowest BCUT2D eigenvalue weighted by molar-refractivity contribution is 0.414. The summed E-state index contributed by atoms with van der Waals surface area (Å²) in [5.74, 6) is 1.25. The minimum atomic E-state index is -0.0803. The maximum atomic E-state index is 5.80. The first-order valence-electron chi connectivity index (χ1n) is 5.83. The fourth-order valence-corrected chi connectivity index (χ4v) is 2.49. The zero-order valence-corrected chi connectivity index (χ0v) is 11.4. The highest BCUT2D eigenvalue weighted by Gasteiger charge is 2.13. The van der Waals surface area contributed by atoms with Gasteiger partial charge in [0.15, 0.2) is 5.58 Å². The van der Waals surface area contributed by atoms with E-state index in [0.29, 0.717) is 17.2 Å². The van der Waals surface area contributed by atoms with Crippen LogP contribution in [-0.4, -0.2) is 17.1 Å². The second kappa shape index (κ2) is 4.64. The minimum absolute atomic E-state index is 0.0803. The summed E-state index contributed by atoms with van der Waals surface area (Å²) in [6.45, 7) is 1.90. The largest absolute Gasteiger partial charge is 0.497 e. The Morgan fingerprint density at radius 1 is 1.37 bits per heavy atom. The Morgan fingerprint density at radius 3 is 2.89 bits per heavy atom. The molecule has 1 atom stereocenters. The Labute approximate surface area is 114 Å². The number of methoxy groups -OCH3 is 1. The van der Waals surface area contributed by atoms with Crippen molar-refractivity contribution in [3.8, 4) is 17.3 Å². The summed E-state index contributed by atoms with van der Waals surface area (Å²) in [5, 5.41) is 2.77. The normalized spacial score (nSPS) is 12.8. The van der Waals surface area contributed by atoms with Gasteiger partial charge >= 0.3 is 0 Å². The number of nitrogens with two attached hydrogens (primary N) is 1. The average molecular weight is 275 g/mol. The van der Waals surface area contributed by atoms with Crippen LogP contribution in [0.15, 0.2) is 28.0 Å². The van der Waals surface area contributed by atoms with Gasteiger partial charge in [0.25, 0.3) is 0 Å². The molecule has 2 heterocycles. The number of thiazole rings is 1. The lowest BCUT2D eigenvalue weighted by Crippen LogP contribution is -2.03. The second-order valence-electron chi connectivity index (χ2n) is 4.21. The molecule has 0 spiro atoms. The van der Waals surface area contributed by atoms with Crippen LogP contribution in [0.4, 0.5) is 0 Å². The van der Waals surface area contributed by atoms with Crippen LogP contribution in [0.2, 0.25) is 0 Å². The van der Waals surface area contributed by atoms with Gasteiger partial charge in [0.1, 0.15) is 22.0 Å². The first-order chi connectivity index (χ1) is 9.17. The molecule has 0 aliphatic heterocycles. The molecule has 0 saturated carbocycles. The Kier molecular flexibility index (Phi) is 2.96. The van der Waals surface area contributed by atoms with Crippen molar-refractivity contribution < 1.29 is 9.15 Å². The molecule has 0 radical (unpaired) electrons. The van der Waals surface area contributed by atoms with Gasteiger partial charge in [0, 0.05) is 11.4 Å². The van der Waals surface area contributed by atoms with Crippen LogP contribution >= 0.6 is 11.3 Å². The maximum Gasteiger partial charge on any atom is 0.247 e. The van der Waals surface area contributed by atoms with Gasteiger partial charge in [-0.2, -0.15) is 0 Å². The third-order valence-corrected chi connectivity index (χ3v) is 3.77. The van der Waals surface area contributed by atoms with Crippen LogP contribution in [0.1, 0.15) is 18.0 Å². The molecular weight excluding hydrogens is 262 g/mol. The number of hydrogen-bond donors (Lipinski definition) is 1. The summed E-state index contributed by atoms with van der Waals surface area (Å²) in [7, 11) is 1.62. The van der Waals surface area contributed by atoms with E-state index in [1.807, 2.05) is 30.5 Å². The van der Waals surface area contributed by atoms with Crippen LogP contribution in [-0.2, 0) is 0 Å². The number of nitrogens with zero attached hydrogens (tertiary/aromatic N) is 2. The van der Waals surface area contributed by atoms with Gasteiger partial charge in [0.05, 0.1) is 13.2 Å². The fraction of sp³-hybridized carbons (Fsp3) is 0.231. The van der Waals surface area contributed by atoms with Gasteiger partial charge in [-0.1, -0.05) is 0 Å². The highest BCUT2D eigenvalue weighted by atomic mass is 32.1. The van der Waals surface area contributed by atoms with Gasteiger partial charge in [0.2, 0.25) is 5.89 Å². The van der Waals surface area contributed by atoms with Crippen LogP contribution in [0, 0.1) is 0 Å². The summed E-state index contributed by atoms with van der Waals surface area (Å²) >= 11 is 1.51. The van der Waals surface area contributed by atoms with Crippen molar-refractivity contribution in [2.75, 3.05) is 7.11 Å². The maximum absolute atomic E-state index is 5.80. The summed E-state index contributed by atoms with van der Waals surface area (Å²) < 4.78 is 10.9. The van der Waals surface area contributed by atoms with E-state index in [1.165, 1.54) is 11.3 Å². The van der Waals surface area contributed by atoms with Gasteiger partial charge in [-0.15, -0.1) is 11.3 Å². The molecule has 6 heteroatoms. The van der Waals surface area contributed by atoms with Gasteiger partial charge < -0.3 is 14.9 Å². The van der Waals surface area contributed by atoms with Crippen LogP contribution in [0.25, 0.3) is 22.7 Å². The van der Waals surface area contributed by atoms with Crippen molar-refractivity contribution in [1.82, 2.24) is 9.97 Å². The molecule has 98 valence electrons. The lowest BCUT2D eigenvalue weighted by Gasteiger charge is -1.96. The van der Waals surface area contributed by atoms with E-state index in [-0.39, 0.29) is 6.04 Å². The third-order valence-electron chi connectivity index (χ3n) is 2.73. The van der Waals surface area contributed by atoms with E-state index < -0.39 is 0 Å². The molecular formula is C13H13N3O2S. The number of aromatic nitrogens is 2. The number of rotatable bonds is 3. The SMILES string of the molecule is COc1ccc2nc(-c3csc(C(C)N)n3)oc2c1. The molecule has 5 nitrogen and oxygen atoms in total. The molecule has 3 aromatic rings. The summed E-state index contributed by atoms with van der Waals surface area (Å²) in [6, 6.07) is 5.44. The third kappa shape index (κ3) is 2.20. The molecule has 1 unspecified atom stereocenters. The molecule has 19 heavy (non-hydrogen) atoms. The summed E-state index contributed by atoms with van der Waals surface area (Å²) in [6.07, 6.45) is 0. The molecule has 0 saturated heterocycles. The summed E-state index contributed by atoms with van der Waals surface area (Å²) in [4.78, 5) is 8.84. The molecule has 0 bridgehead atoms. The lowest BCUT2D eigenvalue weighted by atomic mass is 10.3. The molecule has 0 aliphatic rings. The van der Waals surface area contributed by atoms with Crippen LogP contribution < -0.4 is 10.5 Å². The van der Waals surface area contributed by atoms with E-state index in [4.69, 9.17) is 14.9 Å². The van der Waals surface area contributed by atoms with E-state index in [0.717, 1.165) is 16.3 Å². The Balaban J connectivity index is 2.04. The van der Waals surface area contributed by atoms with E-state index in [2.05, 4.69) is 9.97 Å². The molecule has 2 aromatic heterocycles. The highest BCUT2D eigenvalue weighted by molar-refractivity contribution is 7.10. The molecule has 3 rings (SSSR count). The van der Waals surface area contributed by atoms with E-state index in [1.54, 1.807) is 7.11 Å². The highest BCUT2D eigenvalue weighted by Crippen LogP contribution is 2.28. The van der Waals surface area contributed by atoms with Crippen molar-refractivity contribution in [3.63, 3.8) is 0 Å². The molecule has 0 amide bonds. The van der Waals surface area contributed by atoms with Crippen molar-refractivity contribution in [1.29, 1.82) is 0 Å². The quantitative estimate of drug-likeness (QED) is 0.795. The fourth-order valence-electron chi connectivity index (χ4n) is 1.74. The van der Waals surface area contributed by atoms with E-state index >= 15 is 0 Å². The van der Waals surface area contributed by atoms with E-state index in [9.17, 15) is 0 Å². The van der Waals surface area contributed by atoms with Crippen LogP contribution in [0.5, 0.6) is 5.75 Å². The van der Waals surface area contributed by atoms with Crippen LogP contribution in [0.3, 0.4) is 0 Å². The Morgan fingerprint density at radius 2 is 2.21 bits per heavy atom. The van der Waals surface area contributed by atoms with Crippen molar-refractivity contribution in [2.24, 2.45) is 5.73 Å². The first-order valence-corrected chi connectivity index (χ1v) is 6.71. The predicted octanol–water partition coefficient (Wildman–Crippen LogP) is 2.98. The summed E-state index contributed by atoms with van der Waals surface area (Å²) in [5.41, 5.74) is 7.98.